The van der Waals surface area contributed by atoms with Gasteiger partial charge in [-0.15, -0.1) is 0 Å². The summed E-state index contributed by atoms with van der Waals surface area (Å²) >= 11 is 1.43. The van der Waals surface area contributed by atoms with Crippen LogP contribution in [-0.2, 0) is 0 Å². The lowest BCUT2D eigenvalue weighted by atomic mass is 10.0. The minimum absolute atomic E-state index is 0.258. The molecule has 22 heavy (non-hydrogen) atoms. The molecular formula is C17H13NO3S. The molecule has 2 heterocycles. The molecular weight excluding hydrogens is 298 g/mol. The molecule has 0 amide bonds. The van der Waals surface area contributed by atoms with Crippen LogP contribution >= 0.6 is 11.5 Å². The van der Waals surface area contributed by atoms with Gasteiger partial charge >= 0.3 is 0 Å². The van der Waals surface area contributed by atoms with Crippen molar-refractivity contribution in [2.45, 2.75) is 0 Å². The van der Waals surface area contributed by atoms with E-state index in [4.69, 9.17) is 14.2 Å². The van der Waals surface area contributed by atoms with Gasteiger partial charge in [0.25, 0.3) is 0 Å². The summed E-state index contributed by atoms with van der Waals surface area (Å²) in [7, 11) is 1.66. The predicted molar refractivity (Wildman–Crippen MR) is 85.7 cm³/mol. The molecule has 2 aromatic carbocycles. The van der Waals surface area contributed by atoms with Crippen LogP contribution in [0.1, 0.15) is 0 Å². The van der Waals surface area contributed by atoms with Crippen molar-refractivity contribution in [2.75, 3.05) is 13.9 Å². The van der Waals surface area contributed by atoms with Crippen molar-refractivity contribution in [3.63, 3.8) is 0 Å². The second-order valence-electron chi connectivity index (χ2n) is 4.84. The van der Waals surface area contributed by atoms with Gasteiger partial charge < -0.3 is 14.2 Å². The van der Waals surface area contributed by atoms with Crippen LogP contribution in [-0.4, -0.2) is 18.3 Å². The quantitative estimate of drug-likeness (QED) is 0.726. The molecule has 0 bridgehead atoms. The van der Waals surface area contributed by atoms with Crippen LogP contribution in [0.15, 0.2) is 47.8 Å². The van der Waals surface area contributed by atoms with Gasteiger partial charge in [0.05, 0.1) is 12.8 Å². The van der Waals surface area contributed by atoms with E-state index in [0.717, 1.165) is 39.6 Å². The zero-order valence-electron chi connectivity index (χ0n) is 11.9. The number of ether oxygens (including phenoxy) is 3. The Morgan fingerprint density at radius 2 is 1.91 bits per heavy atom. The molecule has 0 fully saturated rings. The Kier molecular flexibility index (Phi) is 3.20. The highest BCUT2D eigenvalue weighted by Gasteiger charge is 2.22. The molecule has 5 heteroatoms. The van der Waals surface area contributed by atoms with Gasteiger partial charge in [-0.05, 0) is 41.4 Å². The lowest BCUT2D eigenvalue weighted by Gasteiger charge is -2.07. The highest BCUT2D eigenvalue weighted by Crippen LogP contribution is 2.44. The van der Waals surface area contributed by atoms with Crippen molar-refractivity contribution in [1.29, 1.82) is 0 Å². The average molecular weight is 311 g/mol. The van der Waals surface area contributed by atoms with Gasteiger partial charge in [0.15, 0.2) is 11.5 Å². The van der Waals surface area contributed by atoms with Crippen LogP contribution in [0, 0.1) is 0 Å². The molecule has 0 aliphatic carbocycles. The van der Waals surface area contributed by atoms with E-state index >= 15 is 0 Å². The molecule has 1 aromatic heterocycles. The molecule has 0 spiro atoms. The van der Waals surface area contributed by atoms with Gasteiger partial charge in [0.1, 0.15) is 5.75 Å². The summed E-state index contributed by atoms with van der Waals surface area (Å²) in [6.45, 7) is 0.258. The Morgan fingerprint density at radius 3 is 2.73 bits per heavy atom. The fourth-order valence-corrected chi connectivity index (χ4v) is 3.23. The summed E-state index contributed by atoms with van der Waals surface area (Å²) in [6, 6.07) is 13.8. The van der Waals surface area contributed by atoms with E-state index in [1.807, 2.05) is 47.8 Å². The number of rotatable bonds is 3. The molecule has 0 saturated heterocycles. The van der Waals surface area contributed by atoms with Crippen LogP contribution in [0.5, 0.6) is 17.2 Å². The van der Waals surface area contributed by atoms with Gasteiger partial charge in [-0.1, -0.05) is 18.2 Å². The Bertz CT molecular complexity index is 811. The van der Waals surface area contributed by atoms with Crippen molar-refractivity contribution in [1.82, 2.24) is 4.37 Å². The van der Waals surface area contributed by atoms with Crippen LogP contribution in [0.4, 0.5) is 0 Å². The van der Waals surface area contributed by atoms with Crippen molar-refractivity contribution >= 4 is 11.5 Å². The molecule has 1 aliphatic rings. The zero-order valence-corrected chi connectivity index (χ0v) is 12.7. The topological polar surface area (TPSA) is 40.6 Å². The van der Waals surface area contributed by atoms with Gasteiger partial charge in [-0.3, -0.25) is 0 Å². The number of hydrogen-bond donors (Lipinski definition) is 0. The third-order valence-corrected chi connectivity index (χ3v) is 4.25. The fourth-order valence-electron chi connectivity index (χ4n) is 2.52. The molecule has 0 saturated carbocycles. The smallest absolute Gasteiger partial charge is 0.231 e. The summed E-state index contributed by atoms with van der Waals surface area (Å²) in [5, 5.41) is 2.05. The molecule has 4 nitrogen and oxygen atoms in total. The Morgan fingerprint density at radius 1 is 1.05 bits per heavy atom. The summed E-state index contributed by atoms with van der Waals surface area (Å²) in [6.07, 6.45) is 0. The second kappa shape index (κ2) is 5.35. The standard InChI is InChI=1S/C17H13NO3S/c1-19-12-7-5-11(6-8-12)14-9-22-18-16(14)13-3-2-4-15-17(13)21-10-20-15/h2-9H,10H2,1H3. The van der Waals surface area contributed by atoms with E-state index in [1.54, 1.807) is 7.11 Å². The highest BCUT2D eigenvalue weighted by atomic mass is 32.1. The van der Waals surface area contributed by atoms with E-state index in [-0.39, 0.29) is 6.79 Å². The maximum Gasteiger partial charge on any atom is 0.231 e. The molecule has 4 rings (SSSR count). The summed E-state index contributed by atoms with van der Waals surface area (Å²) in [5.74, 6) is 2.38. The van der Waals surface area contributed by atoms with Crippen LogP contribution < -0.4 is 14.2 Å². The average Bonchev–Trinajstić information content (AvgIpc) is 3.23. The summed E-state index contributed by atoms with van der Waals surface area (Å²) < 4.78 is 20.8. The number of hydrogen-bond acceptors (Lipinski definition) is 5. The number of para-hydroxylation sites is 1. The first-order chi connectivity index (χ1) is 10.9. The molecule has 0 unspecified atom stereocenters. The van der Waals surface area contributed by atoms with Crippen LogP contribution in [0.3, 0.4) is 0 Å². The second-order valence-corrected chi connectivity index (χ2v) is 5.47. The lowest BCUT2D eigenvalue weighted by Crippen LogP contribution is -1.93. The van der Waals surface area contributed by atoms with E-state index in [0.29, 0.717) is 0 Å². The first-order valence-corrected chi connectivity index (χ1v) is 7.68. The van der Waals surface area contributed by atoms with E-state index in [2.05, 4.69) is 4.37 Å². The van der Waals surface area contributed by atoms with Crippen molar-refractivity contribution < 1.29 is 14.2 Å². The van der Waals surface area contributed by atoms with Crippen molar-refractivity contribution in [2.24, 2.45) is 0 Å². The molecule has 0 N–H and O–H groups in total. The highest BCUT2D eigenvalue weighted by molar-refractivity contribution is 7.04. The van der Waals surface area contributed by atoms with E-state index < -0.39 is 0 Å². The summed E-state index contributed by atoms with van der Waals surface area (Å²) in [5.41, 5.74) is 4.05. The van der Waals surface area contributed by atoms with E-state index in [9.17, 15) is 0 Å². The number of methoxy groups -OCH3 is 1. The number of benzene rings is 2. The Balaban J connectivity index is 1.82. The Labute approximate surface area is 132 Å². The van der Waals surface area contributed by atoms with Crippen molar-refractivity contribution in [3.8, 4) is 39.6 Å². The minimum atomic E-state index is 0.258. The first kappa shape index (κ1) is 13.2. The van der Waals surface area contributed by atoms with Gasteiger partial charge in [0.2, 0.25) is 6.79 Å². The maximum atomic E-state index is 5.60. The van der Waals surface area contributed by atoms with Gasteiger partial charge in [-0.25, -0.2) is 0 Å². The molecule has 3 aromatic rings. The van der Waals surface area contributed by atoms with Crippen LogP contribution in [0.2, 0.25) is 0 Å². The SMILES string of the molecule is COc1ccc(-c2csnc2-c2cccc3c2OCO3)cc1. The maximum absolute atomic E-state index is 5.60. The number of fused-ring (bicyclic) bond motifs is 1. The van der Waals surface area contributed by atoms with Crippen LogP contribution in [0.25, 0.3) is 22.4 Å². The Hall–Kier alpha value is -2.53. The van der Waals surface area contributed by atoms with Crippen molar-refractivity contribution in [3.05, 3.63) is 47.8 Å². The van der Waals surface area contributed by atoms with Gasteiger partial charge in [-0.2, -0.15) is 4.37 Å². The molecule has 0 radical (unpaired) electrons. The third-order valence-electron chi connectivity index (χ3n) is 3.62. The fraction of sp³-hybridized carbons (Fsp3) is 0.118. The predicted octanol–water partition coefficient (Wildman–Crippen LogP) is 4.21. The largest absolute Gasteiger partial charge is 0.497 e. The van der Waals surface area contributed by atoms with E-state index in [1.165, 1.54) is 11.5 Å². The monoisotopic (exact) mass is 311 g/mol. The normalized spacial score (nSPS) is 12.4. The number of aromatic nitrogens is 1. The minimum Gasteiger partial charge on any atom is -0.497 e. The molecule has 0 atom stereocenters. The first-order valence-electron chi connectivity index (χ1n) is 6.84. The summed E-state index contributed by atoms with van der Waals surface area (Å²) in [4.78, 5) is 0. The molecule has 110 valence electrons. The lowest BCUT2D eigenvalue weighted by molar-refractivity contribution is 0.174. The van der Waals surface area contributed by atoms with Gasteiger partial charge in [0, 0.05) is 16.5 Å². The zero-order chi connectivity index (χ0) is 14.9. The third kappa shape index (κ3) is 2.10. The molecule has 1 aliphatic heterocycles. The number of nitrogens with zero attached hydrogens (tertiary/aromatic N) is 1.